The first-order chi connectivity index (χ1) is 15.9. The Hall–Kier alpha value is -2.18. The molecule has 6 rings (SSSR count). The minimum atomic E-state index is -1.06. The van der Waals surface area contributed by atoms with Gasteiger partial charge in [0, 0.05) is 23.2 Å². The highest BCUT2D eigenvalue weighted by Gasteiger charge is 2.86. The first-order valence-electron chi connectivity index (χ1n) is 12.4. The van der Waals surface area contributed by atoms with Gasteiger partial charge in [-0.3, -0.25) is 9.59 Å². The van der Waals surface area contributed by atoms with E-state index in [1.54, 1.807) is 12.3 Å². The predicted octanol–water partition coefficient (Wildman–Crippen LogP) is 4.69. The molecule has 4 aliphatic carbocycles. The molecule has 6 heteroatoms. The van der Waals surface area contributed by atoms with Crippen LogP contribution in [0.3, 0.4) is 0 Å². The molecule has 1 spiro atoms. The Morgan fingerprint density at radius 3 is 2.59 bits per heavy atom. The van der Waals surface area contributed by atoms with Gasteiger partial charge in [-0.2, -0.15) is 0 Å². The van der Waals surface area contributed by atoms with E-state index in [1.165, 1.54) is 12.5 Å². The summed E-state index contributed by atoms with van der Waals surface area (Å²) in [5, 5.41) is 12.1. The fourth-order valence-electron chi connectivity index (χ4n) is 9.26. The molecule has 0 aromatic carbocycles. The van der Waals surface area contributed by atoms with Crippen molar-refractivity contribution in [3.8, 4) is 0 Å². The van der Waals surface area contributed by atoms with Crippen molar-refractivity contribution in [1.82, 2.24) is 0 Å². The van der Waals surface area contributed by atoms with E-state index in [9.17, 15) is 14.7 Å². The molecule has 6 nitrogen and oxygen atoms in total. The summed E-state index contributed by atoms with van der Waals surface area (Å²) in [7, 11) is 0. The van der Waals surface area contributed by atoms with E-state index in [-0.39, 0.29) is 34.9 Å². The number of carbonyl (C=O) groups is 2. The number of rotatable bonds is 2. The third-order valence-electron chi connectivity index (χ3n) is 10.6. The van der Waals surface area contributed by atoms with Crippen molar-refractivity contribution < 1.29 is 28.6 Å². The largest absolute Gasteiger partial charge is 0.472 e. The fraction of sp³-hybridized carbons (Fsp3) is 0.643. The molecule has 1 aromatic heterocycles. The molecule has 5 aliphatic rings. The molecule has 1 saturated heterocycles. The van der Waals surface area contributed by atoms with Gasteiger partial charge >= 0.3 is 5.97 Å². The van der Waals surface area contributed by atoms with Crippen molar-refractivity contribution in [3.63, 3.8) is 0 Å². The number of fused-ring (bicyclic) bond motifs is 3. The van der Waals surface area contributed by atoms with Crippen LogP contribution in [0.25, 0.3) is 0 Å². The summed E-state index contributed by atoms with van der Waals surface area (Å²) in [6, 6.07) is 2.04. The van der Waals surface area contributed by atoms with Crippen LogP contribution in [0.15, 0.2) is 46.5 Å². The quantitative estimate of drug-likeness (QED) is 0.502. The second-order valence-electron chi connectivity index (χ2n) is 12.3. The average molecular weight is 467 g/mol. The Balaban J connectivity index is 1.58. The van der Waals surface area contributed by atoms with E-state index < -0.39 is 33.9 Å². The van der Waals surface area contributed by atoms with E-state index in [0.717, 1.165) is 24.8 Å². The highest BCUT2D eigenvalue weighted by atomic mass is 16.6. The molecule has 2 heterocycles. The van der Waals surface area contributed by atoms with Crippen LogP contribution in [0.5, 0.6) is 0 Å². The Kier molecular flexibility index (Phi) is 4.15. The topological polar surface area (TPSA) is 89.3 Å². The zero-order chi connectivity index (χ0) is 24.5. The monoisotopic (exact) mass is 466 g/mol. The molecule has 0 amide bonds. The third-order valence-corrected chi connectivity index (χ3v) is 10.6. The molecule has 0 bridgehead atoms. The van der Waals surface area contributed by atoms with Gasteiger partial charge in [-0.05, 0) is 68.2 Å². The van der Waals surface area contributed by atoms with Crippen molar-refractivity contribution in [2.45, 2.75) is 84.5 Å². The molecular weight excluding hydrogens is 432 g/mol. The molecule has 1 aliphatic heterocycles. The van der Waals surface area contributed by atoms with Gasteiger partial charge in [0.1, 0.15) is 17.5 Å². The Morgan fingerprint density at radius 2 is 1.94 bits per heavy atom. The molecule has 1 aromatic rings. The van der Waals surface area contributed by atoms with E-state index in [0.29, 0.717) is 0 Å². The van der Waals surface area contributed by atoms with Gasteiger partial charge in [-0.1, -0.05) is 26.8 Å². The number of ether oxygens (including phenoxy) is 2. The predicted molar refractivity (Wildman–Crippen MR) is 123 cm³/mol. The lowest BCUT2D eigenvalue weighted by molar-refractivity contribution is -0.183. The molecule has 182 valence electrons. The minimum Gasteiger partial charge on any atom is -0.472 e. The van der Waals surface area contributed by atoms with Gasteiger partial charge in [0.25, 0.3) is 0 Å². The van der Waals surface area contributed by atoms with E-state index in [2.05, 4.69) is 20.8 Å². The summed E-state index contributed by atoms with van der Waals surface area (Å²) in [4.78, 5) is 25.3. The summed E-state index contributed by atoms with van der Waals surface area (Å²) in [5.41, 5.74) is -0.968. The standard InChI is InChI=1S/C28H34O6/c1-15(29)33-21-22-24(2,3)19(30)8-10-25(22,4)18-7-11-26(5)17(16-9-12-32-14-16)13-20-28(26,34-20)27(18,6)23(21)31/h8-10,12,14,17-18,20,23,31H,7,11,13H2,1-6H3. The number of hydrogen-bond donors (Lipinski definition) is 1. The second-order valence-corrected chi connectivity index (χ2v) is 12.3. The lowest BCUT2D eigenvalue weighted by atomic mass is 9.39. The average Bonchev–Trinajstić information content (AvgIpc) is 3.11. The van der Waals surface area contributed by atoms with E-state index in [4.69, 9.17) is 13.9 Å². The summed E-state index contributed by atoms with van der Waals surface area (Å²) >= 11 is 0. The molecule has 1 N–H and O–H groups in total. The van der Waals surface area contributed by atoms with Crippen molar-refractivity contribution in [2.24, 2.45) is 27.6 Å². The highest BCUT2D eigenvalue weighted by Crippen LogP contribution is 2.82. The van der Waals surface area contributed by atoms with Crippen LogP contribution in [0.4, 0.5) is 0 Å². The zero-order valence-corrected chi connectivity index (χ0v) is 20.8. The Bertz CT molecular complexity index is 1160. The van der Waals surface area contributed by atoms with Crippen LogP contribution < -0.4 is 0 Å². The number of epoxide rings is 1. The fourth-order valence-corrected chi connectivity index (χ4v) is 9.26. The number of hydrogen-bond acceptors (Lipinski definition) is 6. The number of ketones is 1. The van der Waals surface area contributed by atoms with Crippen molar-refractivity contribution >= 4 is 11.8 Å². The molecule has 0 radical (unpaired) electrons. The first kappa shape index (κ1) is 22.3. The lowest BCUT2D eigenvalue weighted by Gasteiger charge is -2.65. The maximum atomic E-state index is 13.0. The molecule has 3 fully saturated rings. The van der Waals surface area contributed by atoms with Crippen LogP contribution in [0.1, 0.15) is 72.3 Å². The van der Waals surface area contributed by atoms with Crippen molar-refractivity contribution in [3.05, 3.63) is 47.6 Å². The Labute approximate surface area is 200 Å². The van der Waals surface area contributed by atoms with Crippen LogP contribution in [-0.4, -0.2) is 34.7 Å². The second kappa shape index (κ2) is 6.33. The van der Waals surface area contributed by atoms with E-state index in [1.807, 2.05) is 32.3 Å². The van der Waals surface area contributed by atoms with Gasteiger partial charge in [0.05, 0.1) is 24.0 Å². The number of aliphatic hydroxyl groups excluding tert-OH is 1. The summed E-state index contributed by atoms with van der Waals surface area (Å²) in [6.45, 7) is 11.7. The molecule has 8 unspecified atom stereocenters. The number of aliphatic hydroxyl groups is 1. The number of carbonyl (C=O) groups excluding carboxylic acids is 2. The zero-order valence-electron chi connectivity index (χ0n) is 20.8. The maximum Gasteiger partial charge on any atom is 0.307 e. The van der Waals surface area contributed by atoms with Crippen LogP contribution >= 0.6 is 0 Å². The smallest absolute Gasteiger partial charge is 0.307 e. The van der Waals surface area contributed by atoms with Gasteiger partial charge in [-0.25, -0.2) is 0 Å². The summed E-state index contributed by atoms with van der Waals surface area (Å²) in [6.07, 6.45) is 8.89. The summed E-state index contributed by atoms with van der Waals surface area (Å²) in [5.74, 6) is 0.00639. The normalized spacial score (nSPS) is 48.0. The molecular formula is C28H34O6. The van der Waals surface area contributed by atoms with Gasteiger partial charge in [0.15, 0.2) is 5.78 Å². The van der Waals surface area contributed by atoms with E-state index >= 15 is 0 Å². The maximum absolute atomic E-state index is 13.0. The first-order valence-corrected chi connectivity index (χ1v) is 12.4. The Morgan fingerprint density at radius 1 is 1.21 bits per heavy atom. The van der Waals surface area contributed by atoms with Crippen LogP contribution in [-0.2, 0) is 19.1 Å². The van der Waals surface area contributed by atoms with Crippen molar-refractivity contribution in [2.75, 3.05) is 0 Å². The van der Waals surface area contributed by atoms with Crippen LogP contribution in [0.2, 0.25) is 0 Å². The highest BCUT2D eigenvalue weighted by molar-refractivity contribution is 5.99. The molecule has 34 heavy (non-hydrogen) atoms. The van der Waals surface area contributed by atoms with Gasteiger partial charge in [-0.15, -0.1) is 0 Å². The number of esters is 1. The van der Waals surface area contributed by atoms with Crippen LogP contribution in [0, 0.1) is 27.6 Å². The van der Waals surface area contributed by atoms with Gasteiger partial charge in [0.2, 0.25) is 0 Å². The molecule has 2 saturated carbocycles. The van der Waals surface area contributed by atoms with Gasteiger partial charge < -0.3 is 19.0 Å². The minimum absolute atomic E-state index is 0.0193. The number of allylic oxidation sites excluding steroid dienone is 3. The lowest BCUT2D eigenvalue weighted by Crippen LogP contribution is -2.68. The third kappa shape index (κ3) is 2.21. The molecule has 8 atom stereocenters. The van der Waals surface area contributed by atoms with Crippen molar-refractivity contribution in [1.29, 1.82) is 0 Å². The summed E-state index contributed by atoms with van der Waals surface area (Å²) < 4.78 is 17.9. The SMILES string of the molecule is CC(=O)OC1=C2C(C)(C)C(=O)C=CC2(C)C2CCC3(C)C(c4ccoc4)CC4OC43C2(C)C1O. The number of furan rings is 1.